The maximum atomic E-state index is 12.5. The van der Waals surface area contributed by atoms with Gasteiger partial charge >= 0.3 is 0 Å². The largest absolute Gasteiger partial charge is 0.493 e. The van der Waals surface area contributed by atoms with E-state index in [1.165, 1.54) is 5.69 Å². The van der Waals surface area contributed by atoms with Crippen molar-refractivity contribution in [2.75, 3.05) is 44.2 Å². The fourth-order valence-corrected chi connectivity index (χ4v) is 4.47. The molecule has 1 aliphatic heterocycles. The third-order valence-corrected chi connectivity index (χ3v) is 6.39. The molecule has 34 heavy (non-hydrogen) atoms. The number of fused-ring (bicyclic) bond motifs is 1. The zero-order chi connectivity index (χ0) is 23.2. The molecule has 0 N–H and O–H groups in total. The molecule has 2 heterocycles. The Morgan fingerprint density at radius 2 is 1.53 bits per heavy atom. The monoisotopic (exact) mass is 454 g/mol. The van der Waals surface area contributed by atoms with Gasteiger partial charge in [-0.05, 0) is 43.7 Å². The first-order valence-corrected chi connectivity index (χ1v) is 12.0. The molecule has 0 bridgehead atoms. The molecule has 0 spiro atoms. The maximum Gasteiger partial charge on any atom is 0.193 e. The summed E-state index contributed by atoms with van der Waals surface area (Å²) in [7, 11) is 0. The van der Waals surface area contributed by atoms with Gasteiger partial charge in [0.25, 0.3) is 0 Å². The molecular formula is C29H30N2O3. The Morgan fingerprint density at radius 1 is 0.794 bits per heavy atom. The Kier molecular flexibility index (Phi) is 6.91. The van der Waals surface area contributed by atoms with Gasteiger partial charge in [-0.25, -0.2) is 0 Å². The molecule has 0 atom stereocenters. The van der Waals surface area contributed by atoms with Crippen LogP contribution >= 0.6 is 0 Å². The van der Waals surface area contributed by atoms with Crippen molar-refractivity contribution in [1.29, 1.82) is 0 Å². The minimum absolute atomic E-state index is 0.0426. The highest BCUT2D eigenvalue weighted by molar-refractivity contribution is 5.80. The first-order valence-electron chi connectivity index (χ1n) is 12.0. The number of unbranched alkanes of at least 4 members (excludes halogenated alkanes) is 1. The predicted molar refractivity (Wildman–Crippen MR) is 138 cm³/mol. The van der Waals surface area contributed by atoms with Crippen molar-refractivity contribution in [3.05, 3.63) is 95.2 Å². The average molecular weight is 455 g/mol. The number of benzene rings is 3. The fourth-order valence-electron chi connectivity index (χ4n) is 4.47. The number of para-hydroxylation sites is 1. The van der Waals surface area contributed by atoms with Gasteiger partial charge in [-0.3, -0.25) is 9.69 Å². The van der Waals surface area contributed by atoms with E-state index in [1.807, 2.05) is 42.5 Å². The lowest BCUT2D eigenvalue weighted by molar-refractivity contribution is 0.238. The minimum atomic E-state index is -0.0426. The SMILES string of the molecule is O=c1cc(-c2ccccc2)oc2cc(OCCCCN3CCN(c4ccccc4)CC3)ccc12. The van der Waals surface area contributed by atoms with Crippen LogP contribution in [0.5, 0.6) is 5.75 Å². The molecule has 5 heteroatoms. The number of hydrogen-bond donors (Lipinski definition) is 0. The van der Waals surface area contributed by atoms with Gasteiger partial charge in [-0.15, -0.1) is 0 Å². The van der Waals surface area contributed by atoms with Crippen LogP contribution in [0.2, 0.25) is 0 Å². The Balaban J connectivity index is 1.10. The van der Waals surface area contributed by atoms with Crippen LogP contribution in [0.15, 0.2) is 94.1 Å². The molecule has 5 nitrogen and oxygen atoms in total. The fraction of sp³-hybridized carbons (Fsp3) is 0.276. The number of rotatable bonds is 8. The van der Waals surface area contributed by atoms with E-state index in [2.05, 4.69) is 40.1 Å². The van der Waals surface area contributed by atoms with Gasteiger partial charge in [-0.1, -0.05) is 48.5 Å². The van der Waals surface area contributed by atoms with Crippen molar-refractivity contribution < 1.29 is 9.15 Å². The van der Waals surface area contributed by atoms with Crippen LogP contribution in [0.1, 0.15) is 12.8 Å². The Labute approximate surface area is 200 Å². The summed E-state index contributed by atoms with van der Waals surface area (Å²) in [5.74, 6) is 1.31. The first kappa shape index (κ1) is 22.2. The summed E-state index contributed by atoms with van der Waals surface area (Å²) in [5.41, 5.74) is 2.72. The van der Waals surface area contributed by atoms with Gasteiger partial charge < -0.3 is 14.1 Å². The average Bonchev–Trinajstić information content (AvgIpc) is 2.90. The molecule has 3 aromatic carbocycles. The quantitative estimate of drug-likeness (QED) is 0.332. The van der Waals surface area contributed by atoms with Crippen LogP contribution in [0, 0.1) is 0 Å². The molecular weight excluding hydrogens is 424 g/mol. The molecule has 1 fully saturated rings. The Bertz CT molecular complexity index is 1260. The summed E-state index contributed by atoms with van der Waals surface area (Å²) >= 11 is 0. The number of nitrogens with zero attached hydrogens (tertiary/aromatic N) is 2. The molecule has 1 saturated heterocycles. The lowest BCUT2D eigenvalue weighted by Gasteiger charge is -2.36. The molecule has 1 aromatic heterocycles. The van der Waals surface area contributed by atoms with Crippen LogP contribution in [0.3, 0.4) is 0 Å². The lowest BCUT2D eigenvalue weighted by atomic mass is 10.1. The van der Waals surface area contributed by atoms with Crippen molar-refractivity contribution in [3.8, 4) is 17.1 Å². The molecule has 174 valence electrons. The van der Waals surface area contributed by atoms with E-state index < -0.39 is 0 Å². The molecule has 0 unspecified atom stereocenters. The summed E-state index contributed by atoms with van der Waals surface area (Å²) in [6.45, 7) is 6.10. The van der Waals surface area contributed by atoms with Crippen LogP contribution in [0.4, 0.5) is 5.69 Å². The smallest absolute Gasteiger partial charge is 0.193 e. The Morgan fingerprint density at radius 3 is 2.29 bits per heavy atom. The highest BCUT2D eigenvalue weighted by Gasteiger charge is 2.16. The molecule has 0 saturated carbocycles. The molecule has 1 aliphatic rings. The third-order valence-electron chi connectivity index (χ3n) is 6.39. The van der Waals surface area contributed by atoms with E-state index in [9.17, 15) is 4.79 Å². The summed E-state index contributed by atoms with van der Waals surface area (Å²) < 4.78 is 12.0. The second-order valence-electron chi connectivity index (χ2n) is 8.72. The van der Waals surface area contributed by atoms with E-state index in [-0.39, 0.29) is 5.43 Å². The predicted octanol–water partition coefficient (Wildman–Crippen LogP) is 5.44. The van der Waals surface area contributed by atoms with Gasteiger partial charge in [0.05, 0.1) is 12.0 Å². The number of hydrogen-bond acceptors (Lipinski definition) is 5. The van der Waals surface area contributed by atoms with Gasteiger partial charge in [-0.2, -0.15) is 0 Å². The topological polar surface area (TPSA) is 45.9 Å². The normalized spacial score (nSPS) is 14.4. The summed E-state index contributed by atoms with van der Waals surface area (Å²) in [5, 5.41) is 0.571. The second-order valence-corrected chi connectivity index (χ2v) is 8.72. The zero-order valence-corrected chi connectivity index (χ0v) is 19.4. The molecule has 0 amide bonds. The summed E-state index contributed by atoms with van der Waals surface area (Å²) in [6, 6.07) is 27.4. The number of piperazine rings is 1. The second kappa shape index (κ2) is 10.6. The highest BCUT2D eigenvalue weighted by atomic mass is 16.5. The van der Waals surface area contributed by atoms with E-state index in [0.717, 1.165) is 56.9 Å². The summed E-state index contributed by atoms with van der Waals surface area (Å²) in [6.07, 6.45) is 2.09. The van der Waals surface area contributed by atoms with E-state index in [0.29, 0.717) is 23.3 Å². The van der Waals surface area contributed by atoms with Crippen LogP contribution in [-0.4, -0.2) is 44.2 Å². The molecule has 4 aromatic rings. The summed E-state index contributed by atoms with van der Waals surface area (Å²) in [4.78, 5) is 17.5. The van der Waals surface area contributed by atoms with Crippen molar-refractivity contribution >= 4 is 16.7 Å². The molecule has 0 aliphatic carbocycles. The van der Waals surface area contributed by atoms with Gasteiger partial charge in [0.2, 0.25) is 0 Å². The van der Waals surface area contributed by atoms with E-state index >= 15 is 0 Å². The third kappa shape index (κ3) is 5.32. The van der Waals surface area contributed by atoms with Crippen molar-refractivity contribution in [2.24, 2.45) is 0 Å². The lowest BCUT2D eigenvalue weighted by Crippen LogP contribution is -2.46. The molecule has 0 radical (unpaired) electrons. The van der Waals surface area contributed by atoms with Crippen molar-refractivity contribution in [3.63, 3.8) is 0 Å². The van der Waals surface area contributed by atoms with E-state index in [1.54, 1.807) is 12.1 Å². The highest BCUT2D eigenvalue weighted by Crippen LogP contribution is 2.25. The Hall–Kier alpha value is -3.57. The van der Waals surface area contributed by atoms with E-state index in [4.69, 9.17) is 9.15 Å². The number of ether oxygens (including phenoxy) is 1. The standard InChI is InChI=1S/C29H30N2O3/c32-27-22-28(23-9-3-1-4-10-23)34-29-21-25(13-14-26(27)29)33-20-8-7-15-30-16-18-31(19-17-30)24-11-5-2-6-12-24/h1-6,9-14,21-22H,7-8,15-20H2. The van der Waals surface area contributed by atoms with Gasteiger partial charge in [0, 0.05) is 49.6 Å². The van der Waals surface area contributed by atoms with Gasteiger partial charge in [0.1, 0.15) is 17.1 Å². The molecule has 5 rings (SSSR count). The van der Waals surface area contributed by atoms with Crippen LogP contribution in [0.25, 0.3) is 22.3 Å². The zero-order valence-electron chi connectivity index (χ0n) is 19.4. The van der Waals surface area contributed by atoms with Crippen molar-refractivity contribution in [2.45, 2.75) is 12.8 Å². The minimum Gasteiger partial charge on any atom is -0.493 e. The van der Waals surface area contributed by atoms with Crippen molar-refractivity contribution in [1.82, 2.24) is 4.90 Å². The first-order chi connectivity index (χ1) is 16.8. The maximum absolute atomic E-state index is 12.5. The van der Waals surface area contributed by atoms with Crippen LogP contribution < -0.4 is 15.1 Å². The number of anilines is 1. The van der Waals surface area contributed by atoms with Crippen LogP contribution in [-0.2, 0) is 0 Å². The van der Waals surface area contributed by atoms with Gasteiger partial charge in [0.15, 0.2) is 5.43 Å².